The van der Waals surface area contributed by atoms with Gasteiger partial charge < -0.3 is 0 Å². The van der Waals surface area contributed by atoms with Gasteiger partial charge in [0.2, 0.25) is 0 Å². The van der Waals surface area contributed by atoms with Crippen molar-refractivity contribution in [1.29, 1.82) is 0 Å². The van der Waals surface area contributed by atoms with E-state index in [-0.39, 0.29) is 12.2 Å². The van der Waals surface area contributed by atoms with Crippen molar-refractivity contribution in [2.24, 2.45) is 0 Å². The summed E-state index contributed by atoms with van der Waals surface area (Å²) in [6.07, 6.45) is 0. The molecule has 1 nitrogen and oxygen atoms in total. The molecule has 0 aliphatic rings. The highest BCUT2D eigenvalue weighted by Gasteiger charge is 2.09. The van der Waals surface area contributed by atoms with Gasteiger partial charge in [0.25, 0.3) is 0 Å². The largest absolute Gasteiger partial charge is 0.274 e. The van der Waals surface area contributed by atoms with Gasteiger partial charge in [0.05, 0.1) is 18.5 Å². The molecule has 0 amide bonds. The van der Waals surface area contributed by atoms with Gasteiger partial charge in [0.15, 0.2) is 17.5 Å². The zero-order valence-electron chi connectivity index (χ0n) is 5.78. The van der Waals surface area contributed by atoms with E-state index in [2.05, 4.69) is 4.29 Å². The normalized spacial score (nSPS) is 10.3. The van der Waals surface area contributed by atoms with E-state index in [4.69, 9.17) is 11.9 Å². The lowest BCUT2D eigenvalue weighted by Crippen LogP contribution is -1.94. The first-order chi connectivity index (χ1) is 5.65. The van der Waals surface area contributed by atoms with Crippen molar-refractivity contribution < 1.29 is 17.5 Å². The fourth-order valence-electron chi connectivity index (χ4n) is 0.754. The van der Waals surface area contributed by atoms with Gasteiger partial charge >= 0.3 is 0 Å². The first kappa shape index (κ1) is 9.35. The fourth-order valence-corrected chi connectivity index (χ4v) is 0.880. The molecule has 0 aliphatic heterocycles. The van der Waals surface area contributed by atoms with Crippen LogP contribution in [0.2, 0.25) is 0 Å². The number of rotatable bonds is 2. The van der Waals surface area contributed by atoms with Gasteiger partial charge in [-0.3, -0.25) is 4.29 Å². The second kappa shape index (κ2) is 3.78. The molecular formula is C7H4ClF3O. The summed E-state index contributed by atoms with van der Waals surface area (Å²) in [6, 6.07) is 1.64. The zero-order valence-corrected chi connectivity index (χ0v) is 6.54. The van der Waals surface area contributed by atoms with E-state index >= 15 is 0 Å². The van der Waals surface area contributed by atoms with Crippen molar-refractivity contribution in [3.63, 3.8) is 0 Å². The third-order valence-electron chi connectivity index (χ3n) is 1.26. The van der Waals surface area contributed by atoms with E-state index in [1.54, 1.807) is 0 Å². The second-order valence-corrected chi connectivity index (χ2v) is 2.35. The summed E-state index contributed by atoms with van der Waals surface area (Å²) in [5, 5.41) is 0. The van der Waals surface area contributed by atoms with Gasteiger partial charge in [-0.25, -0.2) is 13.2 Å². The summed E-state index contributed by atoms with van der Waals surface area (Å²) >= 11 is 4.84. The van der Waals surface area contributed by atoms with Gasteiger partial charge in [0.1, 0.15) is 0 Å². The van der Waals surface area contributed by atoms with E-state index in [1.807, 2.05) is 0 Å². The average Bonchev–Trinajstić information content (AvgIpc) is 2.01. The Morgan fingerprint density at radius 1 is 1.17 bits per heavy atom. The van der Waals surface area contributed by atoms with Crippen LogP contribution in [-0.2, 0) is 10.9 Å². The lowest BCUT2D eigenvalue weighted by Gasteiger charge is -1.99. The van der Waals surface area contributed by atoms with Crippen LogP contribution >= 0.6 is 11.9 Å². The Morgan fingerprint density at radius 2 is 1.67 bits per heavy atom. The summed E-state index contributed by atoms with van der Waals surface area (Å²) in [4.78, 5) is 0. The number of benzene rings is 1. The van der Waals surface area contributed by atoms with Crippen LogP contribution in [0.25, 0.3) is 0 Å². The molecule has 1 aromatic rings. The Kier molecular flexibility index (Phi) is 2.94. The monoisotopic (exact) mass is 196 g/mol. The van der Waals surface area contributed by atoms with E-state index in [0.717, 1.165) is 12.1 Å². The Balaban J connectivity index is 3.04. The second-order valence-electron chi connectivity index (χ2n) is 2.13. The van der Waals surface area contributed by atoms with Crippen molar-refractivity contribution in [2.45, 2.75) is 6.61 Å². The SMILES string of the molecule is Fc1cc(COCl)cc(F)c1F. The minimum Gasteiger partial charge on any atom is -0.274 e. The summed E-state index contributed by atoms with van der Waals surface area (Å²) in [7, 11) is 0. The standard InChI is InChI=1S/C7H4ClF3O/c8-12-3-4-1-5(9)7(11)6(10)2-4/h1-2H,3H2. The van der Waals surface area contributed by atoms with Gasteiger partial charge in [-0.15, -0.1) is 0 Å². The highest BCUT2D eigenvalue weighted by molar-refractivity contribution is 6.07. The molecule has 0 aromatic heterocycles. The Morgan fingerprint density at radius 3 is 2.08 bits per heavy atom. The van der Waals surface area contributed by atoms with Crippen molar-refractivity contribution in [1.82, 2.24) is 0 Å². The van der Waals surface area contributed by atoms with Crippen LogP contribution in [0, 0.1) is 17.5 Å². The maximum atomic E-state index is 12.4. The fraction of sp³-hybridized carbons (Fsp3) is 0.143. The predicted molar refractivity (Wildman–Crippen MR) is 37.0 cm³/mol. The molecule has 12 heavy (non-hydrogen) atoms. The van der Waals surface area contributed by atoms with Crippen LogP contribution in [0.15, 0.2) is 12.1 Å². The maximum absolute atomic E-state index is 12.4. The molecule has 1 aromatic carbocycles. The first-order valence-electron chi connectivity index (χ1n) is 3.02. The Hall–Kier alpha value is -0.740. The molecule has 5 heteroatoms. The van der Waals surface area contributed by atoms with Gasteiger partial charge in [-0.1, -0.05) is 0 Å². The van der Waals surface area contributed by atoms with Crippen molar-refractivity contribution >= 4 is 11.9 Å². The van der Waals surface area contributed by atoms with Gasteiger partial charge in [-0.05, 0) is 17.7 Å². The molecule has 0 fully saturated rings. The highest BCUT2D eigenvalue weighted by atomic mass is 35.5. The number of hydrogen-bond acceptors (Lipinski definition) is 1. The maximum Gasteiger partial charge on any atom is 0.194 e. The lowest BCUT2D eigenvalue weighted by atomic mass is 10.2. The molecule has 0 saturated heterocycles. The molecule has 0 atom stereocenters. The Labute approximate surface area is 71.9 Å². The average molecular weight is 197 g/mol. The van der Waals surface area contributed by atoms with Crippen LogP contribution in [-0.4, -0.2) is 0 Å². The summed E-state index contributed by atoms with van der Waals surface area (Å²) in [5.41, 5.74) is 0.140. The minimum absolute atomic E-state index is 0.140. The highest BCUT2D eigenvalue weighted by Crippen LogP contribution is 2.14. The molecule has 0 N–H and O–H groups in total. The van der Waals surface area contributed by atoms with E-state index in [9.17, 15) is 13.2 Å². The third kappa shape index (κ3) is 1.89. The Bertz CT molecular complexity index is 267. The molecule has 0 aliphatic carbocycles. The molecule has 1 rings (SSSR count). The number of hydrogen-bond donors (Lipinski definition) is 0. The molecule has 0 unspecified atom stereocenters. The van der Waals surface area contributed by atoms with Crippen LogP contribution in [0.4, 0.5) is 13.2 Å². The molecule has 0 bridgehead atoms. The predicted octanol–water partition coefficient (Wildman–Crippen LogP) is 2.77. The van der Waals surface area contributed by atoms with E-state index < -0.39 is 17.5 Å². The van der Waals surface area contributed by atoms with Crippen LogP contribution in [0.3, 0.4) is 0 Å². The van der Waals surface area contributed by atoms with E-state index in [1.165, 1.54) is 0 Å². The summed E-state index contributed by atoms with van der Waals surface area (Å²) in [5.74, 6) is -3.99. The molecule has 66 valence electrons. The van der Waals surface area contributed by atoms with Crippen LogP contribution < -0.4 is 0 Å². The quantitative estimate of drug-likeness (QED) is 0.661. The molecular weight excluding hydrogens is 193 g/mol. The summed E-state index contributed by atoms with van der Waals surface area (Å²) < 4.78 is 41.3. The first-order valence-corrected chi connectivity index (χ1v) is 3.33. The van der Waals surface area contributed by atoms with Crippen LogP contribution in [0.5, 0.6) is 0 Å². The van der Waals surface area contributed by atoms with Gasteiger partial charge in [0, 0.05) is 0 Å². The molecule has 0 heterocycles. The van der Waals surface area contributed by atoms with Crippen LogP contribution in [0.1, 0.15) is 5.56 Å². The minimum atomic E-state index is -1.49. The third-order valence-corrected chi connectivity index (χ3v) is 1.37. The summed E-state index contributed by atoms with van der Waals surface area (Å²) in [6.45, 7) is -0.171. The van der Waals surface area contributed by atoms with Crippen molar-refractivity contribution in [3.8, 4) is 0 Å². The lowest BCUT2D eigenvalue weighted by molar-refractivity contribution is 0.336. The topological polar surface area (TPSA) is 9.23 Å². The van der Waals surface area contributed by atoms with Gasteiger partial charge in [-0.2, -0.15) is 0 Å². The van der Waals surface area contributed by atoms with E-state index in [0.29, 0.717) is 0 Å². The number of halogens is 4. The smallest absolute Gasteiger partial charge is 0.194 e. The molecule has 0 spiro atoms. The van der Waals surface area contributed by atoms with Crippen molar-refractivity contribution in [3.05, 3.63) is 35.1 Å². The van der Waals surface area contributed by atoms with Crippen molar-refractivity contribution in [2.75, 3.05) is 0 Å². The molecule has 0 radical (unpaired) electrons. The molecule has 0 saturated carbocycles. The zero-order chi connectivity index (χ0) is 9.14.